The Morgan fingerprint density at radius 2 is 1.44 bits per heavy atom. The van der Waals surface area contributed by atoms with Crippen molar-refractivity contribution in [3.05, 3.63) is 17.7 Å². The number of rotatable bonds is 4. The number of benzene rings is 1. The lowest BCUT2D eigenvalue weighted by Crippen LogP contribution is -2.24. The zero-order chi connectivity index (χ0) is 13.9. The Hall–Kier alpha value is -1.92. The number of halogens is 3. The molecule has 4 nitrogen and oxygen atoms in total. The molecule has 0 aromatic heterocycles. The summed E-state index contributed by atoms with van der Waals surface area (Å²) in [4.78, 5) is 11.3. The van der Waals surface area contributed by atoms with Crippen molar-refractivity contribution in [3.8, 4) is 17.2 Å². The molecule has 0 heterocycles. The molecule has 0 aliphatic carbocycles. The maximum atomic E-state index is 12.5. The highest BCUT2D eigenvalue weighted by Crippen LogP contribution is 2.37. The SMILES string of the molecule is COc1cc(OC)c(C(=O)C(F)(F)F)c(OC)c1. The minimum atomic E-state index is -5.00. The number of hydrogen-bond donors (Lipinski definition) is 0. The van der Waals surface area contributed by atoms with Gasteiger partial charge in [0.2, 0.25) is 0 Å². The zero-order valence-corrected chi connectivity index (χ0v) is 9.92. The molecule has 0 saturated carbocycles. The maximum absolute atomic E-state index is 12.5. The number of methoxy groups -OCH3 is 3. The highest BCUT2D eigenvalue weighted by molar-refractivity contribution is 6.05. The van der Waals surface area contributed by atoms with Gasteiger partial charge in [0.15, 0.2) is 0 Å². The minimum Gasteiger partial charge on any atom is -0.496 e. The Labute approximate surface area is 101 Å². The topological polar surface area (TPSA) is 44.8 Å². The van der Waals surface area contributed by atoms with E-state index in [9.17, 15) is 18.0 Å². The maximum Gasteiger partial charge on any atom is 0.455 e. The highest BCUT2D eigenvalue weighted by atomic mass is 19.4. The molecule has 0 radical (unpaired) electrons. The van der Waals surface area contributed by atoms with Gasteiger partial charge >= 0.3 is 6.18 Å². The fraction of sp³-hybridized carbons (Fsp3) is 0.364. The molecule has 0 aliphatic rings. The van der Waals surface area contributed by atoms with Crippen molar-refractivity contribution in [1.29, 1.82) is 0 Å². The van der Waals surface area contributed by atoms with Crippen LogP contribution in [0.15, 0.2) is 12.1 Å². The van der Waals surface area contributed by atoms with Crippen molar-refractivity contribution in [2.24, 2.45) is 0 Å². The molecule has 0 unspecified atom stereocenters. The first kappa shape index (κ1) is 14.1. The van der Waals surface area contributed by atoms with Crippen LogP contribution in [0.2, 0.25) is 0 Å². The van der Waals surface area contributed by atoms with Crippen molar-refractivity contribution >= 4 is 5.78 Å². The molecular formula is C11H11F3O4. The van der Waals surface area contributed by atoms with Crippen LogP contribution < -0.4 is 14.2 Å². The smallest absolute Gasteiger partial charge is 0.455 e. The van der Waals surface area contributed by atoms with Crippen LogP contribution in [0.5, 0.6) is 17.2 Å². The first-order valence-corrected chi connectivity index (χ1v) is 4.76. The van der Waals surface area contributed by atoms with E-state index < -0.39 is 17.5 Å². The number of Topliss-reactive ketones (excluding diaryl/α,β-unsaturated/α-hetero) is 1. The largest absolute Gasteiger partial charge is 0.496 e. The lowest BCUT2D eigenvalue weighted by molar-refractivity contribution is -0.0887. The summed E-state index contributed by atoms with van der Waals surface area (Å²) in [5, 5.41) is 0. The van der Waals surface area contributed by atoms with Crippen LogP contribution >= 0.6 is 0 Å². The molecule has 1 aromatic rings. The van der Waals surface area contributed by atoms with Crippen molar-refractivity contribution in [1.82, 2.24) is 0 Å². The standard InChI is InChI=1S/C11H11F3O4/c1-16-6-4-7(17-2)9(8(5-6)18-3)10(15)11(12,13)14/h4-5H,1-3H3. The molecule has 0 N–H and O–H groups in total. The number of hydrogen-bond acceptors (Lipinski definition) is 4. The van der Waals surface area contributed by atoms with Crippen LogP contribution in [-0.4, -0.2) is 33.3 Å². The molecular weight excluding hydrogens is 253 g/mol. The fourth-order valence-electron chi connectivity index (χ4n) is 1.37. The average Bonchev–Trinajstić information content (AvgIpc) is 2.34. The van der Waals surface area contributed by atoms with Gasteiger partial charge in [-0.3, -0.25) is 4.79 Å². The quantitative estimate of drug-likeness (QED) is 0.783. The summed E-state index contributed by atoms with van der Waals surface area (Å²) in [6, 6.07) is 2.36. The van der Waals surface area contributed by atoms with E-state index in [1.165, 1.54) is 19.2 Å². The summed E-state index contributed by atoms with van der Waals surface area (Å²) < 4.78 is 51.8. The van der Waals surface area contributed by atoms with Gasteiger partial charge in [-0.25, -0.2) is 0 Å². The van der Waals surface area contributed by atoms with E-state index >= 15 is 0 Å². The summed E-state index contributed by atoms with van der Waals surface area (Å²) in [6.45, 7) is 0. The molecule has 7 heteroatoms. The second-order valence-electron chi connectivity index (χ2n) is 3.23. The fourth-order valence-corrected chi connectivity index (χ4v) is 1.37. The second-order valence-corrected chi connectivity index (χ2v) is 3.23. The summed E-state index contributed by atoms with van der Waals surface area (Å²) in [5.74, 6) is -2.32. The van der Waals surface area contributed by atoms with Gasteiger partial charge in [-0.2, -0.15) is 13.2 Å². The van der Waals surface area contributed by atoms with E-state index in [1.54, 1.807) is 0 Å². The molecule has 0 saturated heterocycles. The van der Waals surface area contributed by atoms with Crippen LogP contribution in [0.3, 0.4) is 0 Å². The molecule has 0 fully saturated rings. The third-order valence-corrected chi connectivity index (χ3v) is 2.20. The van der Waals surface area contributed by atoms with E-state index in [0.29, 0.717) is 0 Å². The van der Waals surface area contributed by atoms with Gasteiger partial charge in [-0.05, 0) is 0 Å². The predicted octanol–water partition coefficient (Wildman–Crippen LogP) is 2.46. The van der Waals surface area contributed by atoms with E-state index in [0.717, 1.165) is 14.2 Å². The van der Waals surface area contributed by atoms with Crippen molar-refractivity contribution < 1.29 is 32.2 Å². The van der Waals surface area contributed by atoms with Crippen molar-refractivity contribution in [3.63, 3.8) is 0 Å². The first-order chi connectivity index (χ1) is 8.35. The molecule has 18 heavy (non-hydrogen) atoms. The van der Waals surface area contributed by atoms with E-state index in [4.69, 9.17) is 14.2 Å². The average molecular weight is 264 g/mol. The molecule has 0 amide bonds. The van der Waals surface area contributed by atoms with Crippen LogP contribution in [-0.2, 0) is 0 Å². The molecule has 1 rings (SSSR count). The third kappa shape index (κ3) is 2.66. The van der Waals surface area contributed by atoms with Gasteiger partial charge in [0.25, 0.3) is 5.78 Å². The number of ketones is 1. The van der Waals surface area contributed by atoms with Crippen LogP contribution in [0.4, 0.5) is 13.2 Å². The Balaban J connectivity index is 3.45. The van der Waals surface area contributed by atoms with Crippen LogP contribution in [0, 0.1) is 0 Å². The molecule has 100 valence electrons. The van der Waals surface area contributed by atoms with Gasteiger partial charge < -0.3 is 14.2 Å². The number of carbonyl (C=O) groups is 1. The van der Waals surface area contributed by atoms with E-state index in [1.807, 2.05) is 0 Å². The number of ether oxygens (including phenoxy) is 3. The van der Waals surface area contributed by atoms with Gasteiger partial charge in [-0.15, -0.1) is 0 Å². The summed E-state index contributed by atoms with van der Waals surface area (Å²) in [7, 11) is 3.64. The number of carbonyl (C=O) groups excluding carboxylic acids is 1. The van der Waals surface area contributed by atoms with E-state index in [-0.39, 0.29) is 17.2 Å². The monoisotopic (exact) mass is 264 g/mol. The van der Waals surface area contributed by atoms with Gasteiger partial charge in [0.05, 0.1) is 21.3 Å². The van der Waals surface area contributed by atoms with Crippen molar-refractivity contribution in [2.45, 2.75) is 6.18 Å². The van der Waals surface area contributed by atoms with Gasteiger partial charge in [0.1, 0.15) is 22.8 Å². The van der Waals surface area contributed by atoms with Crippen molar-refractivity contribution in [2.75, 3.05) is 21.3 Å². The third-order valence-electron chi connectivity index (χ3n) is 2.20. The normalized spacial score (nSPS) is 11.0. The minimum absolute atomic E-state index is 0.224. The van der Waals surface area contributed by atoms with Gasteiger partial charge in [-0.1, -0.05) is 0 Å². The highest BCUT2D eigenvalue weighted by Gasteiger charge is 2.42. The predicted molar refractivity (Wildman–Crippen MR) is 56.5 cm³/mol. The summed E-state index contributed by atoms with van der Waals surface area (Å²) in [5.41, 5.74) is -0.673. The summed E-state index contributed by atoms with van der Waals surface area (Å²) >= 11 is 0. The molecule has 1 aromatic carbocycles. The Bertz CT molecular complexity index is 429. The van der Waals surface area contributed by atoms with Crippen LogP contribution in [0.1, 0.15) is 10.4 Å². The van der Waals surface area contributed by atoms with Gasteiger partial charge in [0, 0.05) is 12.1 Å². The Morgan fingerprint density at radius 3 is 1.72 bits per heavy atom. The second kappa shape index (κ2) is 5.16. The molecule has 0 spiro atoms. The van der Waals surface area contributed by atoms with E-state index in [2.05, 4.69) is 0 Å². The summed E-state index contributed by atoms with van der Waals surface area (Å²) in [6.07, 6.45) is -5.00. The molecule has 0 atom stereocenters. The lowest BCUT2D eigenvalue weighted by atomic mass is 10.1. The Morgan fingerprint density at radius 1 is 1.00 bits per heavy atom. The first-order valence-electron chi connectivity index (χ1n) is 4.76. The lowest BCUT2D eigenvalue weighted by Gasteiger charge is -2.15. The molecule has 0 aliphatic heterocycles. The Kier molecular flexibility index (Phi) is 4.05. The zero-order valence-electron chi connectivity index (χ0n) is 9.92. The number of alkyl halides is 3. The van der Waals surface area contributed by atoms with Crippen LogP contribution in [0.25, 0.3) is 0 Å². The molecule has 0 bridgehead atoms.